The molecular weight excluding hydrogens is 216 g/mol. The van der Waals surface area contributed by atoms with Crippen LogP contribution in [0.5, 0.6) is 0 Å². The molecule has 0 amide bonds. The highest BCUT2D eigenvalue weighted by Crippen LogP contribution is 2.20. The molecule has 1 aromatic heterocycles. The monoisotopic (exact) mass is 236 g/mol. The lowest BCUT2D eigenvalue weighted by Crippen LogP contribution is -2.16. The highest BCUT2D eigenvalue weighted by Gasteiger charge is 2.18. The van der Waals surface area contributed by atoms with Gasteiger partial charge in [-0.3, -0.25) is 0 Å². The van der Waals surface area contributed by atoms with Gasteiger partial charge in [-0.2, -0.15) is 0 Å². The second-order valence-electron chi connectivity index (χ2n) is 4.48. The third-order valence-corrected chi connectivity index (χ3v) is 3.25. The summed E-state index contributed by atoms with van der Waals surface area (Å²) < 4.78 is 5.37. The van der Waals surface area contributed by atoms with E-state index in [1.807, 2.05) is 6.92 Å². The van der Waals surface area contributed by atoms with E-state index in [-0.39, 0.29) is 0 Å². The molecule has 0 spiro atoms. The third-order valence-electron chi connectivity index (χ3n) is 3.25. The van der Waals surface area contributed by atoms with Crippen molar-refractivity contribution in [2.75, 3.05) is 18.6 Å². The number of nitrogens with one attached hydrogen (secondary N) is 1. The highest BCUT2D eigenvalue weighted by atomic mass is 16.5. The van der Waals surface area contributed by atoms with Gasteiger partial charge in [0, 0.05) is 30.9 Å². The molecule has 0 bridgehead atoms. The Morgan fingerprint density at radius 3 is 2.88 bits per heavy atom. The van der Waals surface area contributed by atoms with E-state index in [0.717, 1.165) is 55.4 Å². The van der Waals surface area contributed by atoms with E-state index >= 15 is 0 Å². The normalized spacial score (nSPS) is 19.6. The van der Waals surface area contributed by atoms with Gasteiger partial charge >= 0.3 is 0 Å². The molecule has 5 heteroatoms. The molecule has 1 unspecified atom stereocenters. The Morgan fingerprint density at radius 2 is 2.29 bits per heavy atom. The van der Waals surface area contributed by atoms with Crippen molar-refractivity contribution in [2.24, 2.45) is 11.8 Å². The maximum atomic E-state index is 5.51. The smallest absolute Gasteiger partial charge is 0.147 e. The molecule has 1 fully saturated rings. The van der Waals surface area contributed by atoms with Gasteiger partial charge in [0.15, 0.2) is 0 Å². The first-order chi connectivity index (χ1) is 8.24. The van der Waals surface area contributed by atoms with E-state index in [0.29, 0.717) is 5.92 Å². The van der Waals surface area contributed by atoms with Crippen LogP contribution in [0, 0.1) is 12.8 Å². The summed E-state index contributed by atoms with van der Waals surface area (Å²) in [6, 6.07) is 0. The number of ether oxygens (including phenoxy) is 1. The summed E-state index contributed by atoms with van der Waals surface area (Å²) in [4.78, 5) is 9.04. The average Bonchev–Trinajstić information content (AvgIpc) is 2.81. The molecule has 1 aliphatic heterocycles. The predicted molar refractivity (Wildman–Crippen MR) is 66.6 cm³/mol. The molecule has 5 nitrogen and oxygen atoms in total. The Bertz CT molecular complexity index is 388. The van der Waals surface area contributed by atoms with Gasteiger partial charge in [0.05, 0.1) is 0 Å². The third kappa shape index (κ3) is 2.73. The Hall–Kier alpha value is -1.20. The van der Waals surface area contributed by atoms with Crippen LogP contribution >= 0.6 is 0 Å². The van der Waals surface area contributed by atoms with Crippen molar-refractivity contribution in [2.45, 2.75) is 33.1 Å². The second kappa shape index (κ2) is 5.42. The molecule has 0 radical (unpaired) electrons. The summed E-state index contributed by atoms with van der Waals surface area (Å²) in [5.74, 6) is 7.68. The van der Waals surface area contributed by atoms with Crippen LogP contribution in [-0.2, 0) is 17.6 Å². The fourth-order valence-electron chi connectivity index (χ4n) is 2.29. The first kappa shape index (κ1) is 12.3. The van der Waals surface area contributed by atoms with Crippen LogP contribution in [0.15, 0.2) is 0 Å². The van der Waals surface area contributed by atoms with Gasteiger partial charge in [-0.05, 0) is 25.7 Å². The zero-order valence-electron chi connectivity index (χ0n) is 10.5. The summed E-state index contributed by atoms with van der Waals surface area (Å²) in [7, 11) is 0. The molecule has 94 valence electrons. The number of hydrogen-bond donors (Lipinski definition) is 2. The van der Waals surface area contributed by atoms with Crippen molar-refractivity contribution in [1.82, 2.24) is 9.97 Å². The quantitative estimate of drug-likeness (QED) is 0.607. The molecular formula is C12H20N4O. The number of anilines is 1. The lowest BCUT2D eigenvalue weighted by atomic mass is 10.0. The van der Waals surface area contributed by atoms with Gasteiger partial charge < -0.3 is 10.2 Å². The van der Waals surface area contributed by atoms with Crippen LogP contribution in [-0.4, -0.2) is 23.2 Å². The van der Waals surface area contributed by atoms with Crippen molar-refractivity contribution in [1.29, 1.82) is 0 Å². The van der Waals surface area contributed by atoms with Crippen molar-refractivity contribution < 1.29 is 4.74 Å². The van der Waals surface area contributed by atoms with E-state index in [1.54, 1.807) is 0 Å². The van der Waals surface area contributed by atoms with Crippen LogP contribution in [0.4, 0.5) is 5.82 Å². The molecule has 1 atom stereocenters. The Labute approximate surface area is 102 Å². The minimum absolute atomic E-state index is 0.549. The van der Waals surface area contributed by atoms with Crippen LogP contribution in [0.25, 0.3) is 0 Å². The maximum Gasteiger partial charge on any atom is 0.147 e. The van der Waals surface area contributed by atoms with Crippen molar-refractivity contribution >= 4 is 5.82 Å². The molecule has 0 aliphatic carbocycles. The molecule has 17 heavy (non-hydrogen) atoms. The van der Waals surface area contributed by atoms with Crippen LogP contribution < -0.4 is 11.3 Å². The number of aromatic nitrogens is 2. The number of hydrazine groups is 1. The zero-order chi connectivity index (χ0) is 12.3. The van der Waals surface area contributed by atoms with Gasteiger partial charge in [-0.25, -0.2) is 15.8 Å². The van der Waals surface area contributed by atoms with Gasteiger partial charge in [0.1, 0.15) is 11.6 Å². The number of rotatable bonds is 4. The second-order valence-corrected chi connectivity index (χ2v) is 4.48. The lowest BCUT2D eigenvalue weighted by molar-refractivity contribution is 0.185. The van der Waals surface area contributed by atoms with E-state index < -0.39 is 0 Å². The largest absolute Gasteiger partial charge is 0.381 e. The summed E-state index contributed by atoms with van der Waals surface area (Å²) >= 11 is 0. The van der Waals surface area contributed by atoms with Crippen LogP contribution in [0.1, 0.15) is 30.4 Å². The molecule has 1 aliphatic rings. The molecule has 2 heterocycles. The fourth-order valence-corrected chi connectivity index (χ4v) is 2.29. The molecule has 0 aromatic carbocycles. The van der Waals surface area contributed by atoms with E-state index in [4.69, 9.17) is 10.6 Å². The number of nitrogens with two attached hydrogens (primary N) is 1. The Kier molecular flexibility index (Phi) is 3.91. The van der Waals surface area contributed by atoms with Crippen molar-refractivity contribution in [3.8, 4) is 0 Å². The minimum Gasteiger partial charge on any atom is -0.381 e. The molecule has 3 N–H and O–H groups in total. The summed E-state index contributed by atoms with van der Waals surface area (Å²) in [5, 5.41) is 0. The average molecular weight is 236 g/mol. The molecule has 0 saturated carbocycles. The lowest BCUT2D eigenvalue weighted by Gasteiger charge is -2.12. The maximum absolute atomic E-state index is 5.51. The molecule has 1 aromatic rings. The van der Waals surface area contributed by atoms with Crippen molar-refractivity contribution in [3.05, 3.63) is 17.1 Å². The standard InChI is InChI=1S/C12H20N4O/c1-3-10-8(2)14-11(15-12(10)16-13)6-9-4-5-17-7-9/h9H,3-7,13H2,1-2H3,(H,14,15,16). The SMILES string of the molecule is CCc1c(C)nc(CC2CCOC2)nc1NN. The first-order valence-electron chi connectivity index (χ1n) is 6.15. The van der Waals surface area contributed by atoms with Gasteiger partial charge in [-0.1, -0.05) is 6.92 Å². The zero-order valence-corrected chi connectivity index (χ0v) is 10.5. The van der Waals surface area contributed by atoms with Gasteiger partial charge in [-0.15, -0.1) is 0 Å². The Balaban J connectivity index is 2.19. The number of aryl methyl sites for hydroxylation is 1. The fraction of sp³-hybridized carbons (Fsp3) is 0.667. The van der Waals surface area contributed by atoms with Gasteiger partial charge in [0.2, 0.25) is 0 Å². The van der Waals surface area contributed by atoms with E-state index in [2.05, 4.69) is 22.3 Å². The van der Waals surface area contributed by atoms with E-state index in [9.17, 15) is 0 Å². The Morgan fingerprint density at radius 1 is 1.47 bits per heavy atom. The van der Waals surface area contributed by atoms with Crippen molar-refractivity contribution in [3.63, 3.8) is 0 Å². The minimum atomic E-state index is 0.549. The van der Waals surface area contributed by atoms with Gasteiger partial charge in [0.25, 0.3) is 0 Å². The number of nitrogens with zero attached hydrogens (tertiary/aromatic N) is 2. The molecule has 1 saturated heterocycles. The first-order valence-corrected chi connectivity index (χ1v) is 6.15. The predicted octanol–water partition coefficient (Wildman–Crippen LogP) is 1.21. The summed E-state index contributed by atoms with van der Waals surface area (Å²) in [6.45, 7) is 5.77. The highest BCUT2D eigenvalue weighted by molar-refractivity contribution is 5.45. The van der Waals surface area contributed by atoms with E-state index in [1.165, 1.54) is 0 Å². The summed E-state index contributed by atoms with van der Waals surface area (Å²) in [5.41, 5.74) is 4.78. The number of nitrogen functional groups attached to an aromatic ring is 1. The van der Waals surface area contributed by atoms with Crippen LogP contribution in [0.2, 0.25) is 0 Å². The number of hydrogen-bond acceptors (Lipinski definition) is 5. The molecule has 2 rings (SSSR count). The van der Waals surface area contributed by atoms with Crippen LogP contribution in [0.3, 0.4) is 0 Å². The topological polar surface area (TPSA) is 73.1 Å². The summed E-state index contributed by atoms with van der Waals surface area (Å²) in [6.07, 6.45) is 2.86.